The fourth-order valence-electron chi connectivity index (χ4n) is 2.58. The molecule has 0 aromatic rings. The van der Waals surface area contributed by atoms with Gasteiger partial charge in [0.2, 0.25) is 0 Å². The summed E-state index contributed by atoms with van der Waals surface area (Å²) in [6.07, 6.45) is -3.81. The molecule has 1 aliphatic heterocycles. The number of carbonyl (C=O) groups is 3. The van der Waals surface area contributed by atoms with Crippen molar-refractivity contribution in [2.45, 2.75) is 58.4 Å². The van der Waals surface area contributed by atoms with E-state index >= 15 is 0 Å². The zero-order valence-corrected chi connectivity index (χ0v) is 15.7. The van der Waals surface area contributed by atoms with E-state index in [-0.39, 0.29) is 18.3 Å². The molecule has 1 heterocycles. The van der Waals surface area contributed by atoms with Crippen LogP contribution in [-0.2, 0) is 43.2 Å². The molecule has 0 bridgehead atoms. The second kappa shape index (κ2) is 8.61. The van der Waals surface area contributed by atoms with Gasteiger partial charge < -0.3 is 18.9 Å². The van der Waals surface area contributed by atoms with Gasteiger partial charge in [-0.15, -0.1) is 0 Å². The Kier molecular flexibility index (Phi) is 7.36. The second-order valence-electron chi connectivity index (χ2n) is 6.22. The van der Waals surface area contributed by atoms with Gasteiger partial charge in [-0.2, -0.15) is 0 Å². The van der Waals surface area contributed by atoms with Crippen LogP contribution in [0.2, 0.25) is 0 Å². The molecule has 10 heteroatoms. The molecule has 0 aromatic heterocycles. The van der Waals surface area contributed by atoms with E-state index in [1.807, 2.05) is 0 Å². The van der Waals surface area contributed by atoms with Gasteiger partial charge in [0, 0.05) is 20.8 Å². The van der Waals surface area contributed by atoms with E-state index in [9.17, 15) is 22.8 Å². The Morgan fingerprint density at radius 2 is 1.44 bits per heavy atom. The van der Waals surface area contributed by atoms with Crippen LogP contribution in [0.4, 0.5) is 0 Å². The molecule has 0 spiro atoms. The van der Waals surface area contributed by atoms with Crippen molar-refractivity contribution in [2.24, 2.45) is 5.92 Å². The summed E-state index contributed by atoms with van der Waals surface area (Å²) in [5.41, 5.74) is -1.52. The molecule has 25 heavy (non-hydrogen) atoms. The van der Waals surface area contributed by atoms with Crippen LogP contribution in [0.5, 0.6) is 0 Å². The molecule has 1 rings (SSSR count). The predicted molar refractivity (Wildman–Crippen MR) is 85.0 cm³/mol. The van der Waals surface area contributed by atoms with Crippen LogP contribution in [0, 0.1) is 5.92 Å². The molecule has 4 unspecified atom stereocenters. The Morgan fingerprint density at radius 1 is 0.960 bits per heavy atom. The molecular weight excluding hydrogens is 356 g/mol. The first kappa shape index (κ1) is 21.4. The lowest BCUT2D eigenvalue weighted by Crippen LogP contribution is -2.59. The molecule has 0 radical (unpaired) electrons. The first-order chi connectivity index (χ1) is 11.4. The van der Waals surface area contributed by atoms with Crippen molar-refractivity contribution in [3.63, 3.8) is 0 Å². The summed E-state index contributed by atoms with van der Waals surface area (Å²) >= 11 is 0. The minimum Gasteiger partial charge on any atom is -0.456 e. The fourth-order valence-corrected chi connectivity index (χ4v) is 4.60. The van der Waals surface area contributed by atoms with Crippen molar-refractivity contribution in [3.05, 3.63) is 0 Å². The van der Waals surface area contributed by atoms with Crippen molar-refractivity contribution in [3.8, 4) is 0 Å². The molecular formula is C15H24O9S. The summed E-state index contributed by atoms with van der Waals surface area (Å²) in [4.78, 5) is 34.1. The van der Waals surface area contributed by atoms with E-state index in [2.05, 4.69) is 0 Å². The van der Waals surface area contributed by atoms with E-state index in [0.29, 0.717) is 0 Å². The van der Waals surface area contributed by atoms with Gasteiger partial charge in [0.25, 0.3) is 0 Å². The maximum Gasteiger partial charge on any atom is 0.303 e. The van der Waals surface area contributed by atoms with Gasteiger partial charge in [-0.25, -0.2) is 8.42 Å². The summed E-state index contributed by atoms with van der Waals surface area (Å²) < 4.78 is 45.7. The Balaban J connectivity index is 3.24. The van der Waals surface area contributed by atoms with Crippen LogP contribution in [0.15, 0.2) is 0 Å². The first-order valence-electron chi connectivity index (χ1n) is 7.79. The molecule has 9 nitrogen and oxygen atoms in total. The number of rotatable bonds is 6. The summed E-state index contributed by atoms with van der Waals surface area (Å²) in [6, 6.07) is 0. The smallest absolute Gasteiger partial charge is 0.303 e. The molecule has 1 aliphatic rings. The predicted octanol–water partition coefficient (Wildman–Crippen LogP) is 0.209. The van der Waals surface area contributed by atoms with Crippen LogP contribution in [-0.4, -0.2) is 62.4 Å². The van der Waals surface area contributed by atoms with Gasteiger partial charge in [-0.05, 0) is 5.92 Å². The third-order valence-electron chi connectivity index (χ3n) is 3.22. The van der Waals surface area contributed by atoms with Crippen molar-refractivity contribution >= 4 is 27.7 Å². The fraction of sp³-hybridized carbons (Fsp3) is 0.800. The number of ether oxygens (including phenoxy) is 4. The average molecular weight is 380 g/mol. The molecule has 4 atom stereocenters. The zero-order chi connectivity index (χ0) is 19.4. The van der Waals surface area contributed by atoms with Crippen molar-refractivity contribution in [1.82, 2.24) is 0 Å². The first-order valence-corrected chi connectivity index (χ1v) is 9.50. The lowest BCUT2D eigenvalue weighted by molar-refractivity contribution is -0.214. The summed E-state index contributed by atoms with van der Waals surface area (Å²) in [5, 5.41) is 0. The lowest BCUT2D eigenvalue weighted by Gasteiger charge is -2.40. The SMILES string of the molecule is CC(=O)OC1COC(S(=O)(=O)CC(C)C)C(OC(C)=O)C1OC(C)=O. The number of carbonyl (C=O) groups excluding carboxylic acids is 3. The van der Waals surface area contributed by atoms with Gasteiger partial charge in [0.05, 0.1) is 12.4 Å². The molecule has 144 valence electrons. The van der Waals surface area contributed by atoms with Gasteiger partial charge in [-0.3, -0.25) is 14.4 Å². The number of hydrogen-bond acceptors (Lipinski definition) is 9. The minimum absolute atomic E-state index is 0.190. The van der Waals surface area contributed by atoms with Crippen LogP contribution >= 0.6 is 0 Å². The molecule has 0 aromatic carbocycles. The highest BCUT2D eigenvalue weighted by Crippen LogP contribution is 2.28. The zero-order valence-electron chi connectivity index (χ0n) is 14.9. The van der Waals surface area contributed by atoms with Crippen molar-refractivity contribution in [1.29, 1.82) is 0 Å². The van der Waals surface area contributed by atoms with E-state index < -0.39 is 51.5 Å². The Labute approximate surface area is 146 Å². The van der Waals surface area contributed by atoms with Crippen molar-refractivity contribution in [2.75, 3.05) is 12.4 Å². The van der Waals surface area contributed by atoms with E-state index in [0.717, 1.165) is 20.8 Å². The Bertz CT molecular complexity index is 610. The van der Waals surface area contributed by atoms with Crippen LogP contribution in [0.1, 0.15) is 34.6 Å². The highest BCUT2D eigenvalue weighted by molar-refractivity contribution is 7.91. The maximum absolute atomic E-state index is 12.6. The van der Waals surface area contributed by atoms with Gasteiger partial charge in [0.15, 0.2) is 33.6 Å². The summed E-state index contributed by atoms with van der Waals surface area (Å²) in [5.74, 6) is -2.58. The third-order valence-corrected chi connectivity index (χ3v) is 5.47. The van der Waals surface area contributed by atoms with Gasteiger partial charge in [-0.1, -0.05) is 13.8 Å². The quantitative estimate of drug-likeness (QED) is 0.470. The Hall–Kier alpha value is -1.68. The molecule has 1 saturated heterocycles. The summed E-state index contributed by atoms with van der Waals surface area (Å²) in [6.45, 7) is 6.47. The minimum atomic E-state index is -3.83. The molecule has 1 fully saturated rings. The standard InChI is InChI=1S/C15H24O9S/c1-8(2)7-25(19,20)15-14(24-11(5)18)13(23-10(4)17)12(6-21-15)22-9(3)16/h8,12-15H,6-7H2,1-5H3. The van der Waals surface area contributed by atoms with Crippen LogP contribution < -0.4 is 0 Å². The highest BCUT2D eigenvalue weighted by Gasteiger charge is 2.51. The second-order valence-corrected chi connectivity index (χ2v) is 8.34. The van der Waals surface area contributed by atoms with Gasteiger partial charge in [0.1, 0.15) is 0 Å². The van der Waals surface area contributed by atoms with Crippen LogP contribution in [0.25, 0.3) is 0 Å². The third kappa shape index (κ3) is 6.28. The number of esters is 3. The Morgan fingerprint density at radius 3 is 1.88 bits per heavy atom. The van der Waals surface area contributed by atoms with E-state index in [4.69, 9.17) is 18.9 Å². The lowest BCUT2D eigenvalue weighted by atomic mass is 10.1. The molecule has 0 amide bonds. The maximum atomic E-state index is 12.6. The largest absolute Gasteiger partial charge is 0.456 e. The summed E-state index contributed by atoms with van der Waals surface area (Å²) in [7, 11) is -3.83. The van der Waals surface area contributed by atoms with Crippen LogP contribution in [0.3, 0.4) is 0 Å². The average Bonchev–Trinajstić information content (AvgIpc) is 2.38. The highest BCUT2D eigenvalue weighted by atomic mass is 32.2. The van der Waals surface area contributed by atoms with E-state index in [1.54, 1.807) is 13.8 Å². The molecule has 0 aliphatic carbocycles. The normalized spacial score (nSPS) is 26.8. The topological polar surface area (TPSA) is 122 Å². The number of hydrogen-bond donors (Lipinski definition) is 0. The molecule has 0 saturated carbocycles. The number of sulfone groups is 1. The molecule has 0 N–H and O–H groups in total. The monoisotopic (exact) mass is 380 g/mol. The van der Waals surface area contributed by atoms with Crippen molar-refractivity contribution < 1.29 is 41.7 Å². The van der Waals surface area contributed by atoms with E-state index in [1.165, 1.54) is 0 Å². The van der Waals surface area contributed by atoms with Gasteiger partial charge >= 0.3 is 17.9 Å².